The van der Waals surface area contributed by atoms with Crippen molar-refractivity contribution in [2.75, 3.05) is 56.2 Å². The second-order valence-corrected chi connectivity index (χ2v) is 8.76. The largest absolute Gasteiger partial charge is 0.378 e. The van der Waals surface area contributed by atoms with Crippen LogP contribution in [0, 0.1) is 5.82 Å². The molecule has 1 amide bonds. The molecule has 0 aliphatic carbocycles. The smallest absolute Gasteiger partial charge is 0.241 e. The number of nitrogens with zero attached hydrogens (tertiary/aromatic N) is 3. The number of nitrogens with one attached hydrogen (secondary N) is 1. The Bertz CT molecular complexity index is 884. The summed E-state index contributed by atoms with van der Waals surface area (Å²) in [7, 11) is 0. The summed E-state index contributed by atoms with van der Waals surface area (Å²) in [6.45, 7) is 10.8. The lowest BCUT2D eigenvalue weighted by Gasteiger charge is -2.42. The van der Waals surface area contributed by atoms with Gasteiger partial charge in [-0.25, -0.2) is 4.39 Å². The SMILES string of the molecule is C[C@@H]1CN(Cc2ccc(F)cc2)CCN1[C@H](C)C(=O)Nc1ccc(N2CCOCC2)cc1. The molecular weight excluding hydrogens is 407 g/mol. The summed E-state index contributed by atoms with van der Waals surface area (Å²) in [6, 6.07) is 14.8. The number of morpholine rings is 1. The van der Waals surface area contributed by atoms with E-state index in [1.807, 2.05) is 31.2 Å². The summed E-state index contributed by atoms with van der Waals surface area (Å²) in [5.41, 5.74) is 3.09. The van der Waals surface area contributed by atoms with Crippen LogP contribution in [-0.4, -0.2) is 73.7 Å². The molecule has 2 aromatic rings. The lowest BCUT2D eigenvalue weighted by Crippen LogP contribution is -2.57. The van der Waals surface area contributed by atoms with Gasteiger partial charge >= 0.3 is 0 Å². The maximum absolute atomic E-state index is 13.1. The van der Waals surface area contributed by atoms with E-state index in [9.17, 15) is 9.18 Å². The van der Waals surface area contributed by atoms with Gasteiger partial charge in [-0.3, -0.25) is 14.6 Å². The summed E-state index contributed by atoms with van der Waals surface area (Å²) in [4.78, 5) is 19.8. The van der Waals surface area contributed by atoms with E-state index in [4.69, 9.17) is 4.74 Å². The van der Waals surface area contributed by atoms with Gasteiger partial charge in [-0.15, -0.1) is 0 Å². The number of anilines is 2. The van der Waals surface area contributed by atoms with Crippen LogP contribution < -0.4 is 10.2 Å². The van der Waals surface area contributed by atoms with Crippen LogP contribution in [0.3, 0.4) is 0 Å². The molecule has 7 heteroatoms. The highest BCUT2D eigenvalue weighted by atomic mass is 19.1. The highest BCUT2D eigenvalue weighted by Gasteiger charge is 2.30. The van der Waals surface area contributed by atoms with Crippen LogP contribution in [0.4, 0.5) is 15.8 Å². The van der Waals surface area contributed by atoms with Crippen molar-refractivity contribution in [2.45, 2.75) is 32.5 Å². The molecule has 32 heavy (non-hydrogen) atoms. The Morgan fingerprint density at radius 1 is 1.06 bits per heavy atom. The third-order valence-corrected chi connectivity index (χ3v) is 6.47. The number of halogens is 1. The Morgan fingerprint density at radius 2 is 1.75 bits per heavy atom. The molecule has 4 rings (SSSR count). The lowest BCUT2D eigenvalue weighted by molar-refractivity contribution is -0.122. The van der Waals surface area contributed by atoms with Crippen molar-refractivity contribution in [3.63, 3.8) is 0 Å². The lowest BCUT2D eigenvalue weighted by atomic mass is 10.1. The van der Waals surface area contributed by atoms with Gasteiger partial charge in [0.2, 0.25) is 5.91 Å². The maximum atomic E-state index is 13.1. The van der Waals surface area contributed by atoms with Gasteiger partial charge < -0.3 is 15.0 Å². The number of carbonyl (C=O) groups is 1. The van der Waals surface area contributed by atoms with Crippen molar-refractivity contribution in [1.82, 2.24) is 9.80 Å². The number of hydrogen-bond donors (Lipinski definition) is 1. The average Bonchev–Trinajstić information content (AvgIpc) is 2.81. The van der Waals surface area contributed by atoms with Crippen molar-refractivity contribution in [3.8, 4) is 0 Å². The summed E-state index contributed by atoms with van der Waals surface area (Å²) in [5, 5.41) is 3.07. The minimum absolute atomic E-state index is 0.0166. The molecule has 6 nitrogen and oxygen atoms in total. The zero-order valence-electron chi connectivity index (χ0n) is 19.0. The molecule has 2 aromatic carbocycles. The predicted molar refractivity (Wildman–Crippen MR) is 125 cm³/mol. The van der Waals surface area contributed by atoms with Gasteiger partial charge in [0.15, 0.2) is 0 Å². The minimum atomic E-state index is -0.211. The Balaban J connectivity index is 1.28. The van der Waals surface area contributed by atoms with Gasteiger partial charge in [0.25, 0.3) is 0 Å². The van der Waals surface area contributed by atoms with Crippen molar-refractivity contribution in [3.05, 3.63) is 59.9 Å². The molecule has 2 heterocycles. The van der Waals surface area contributed by atoms with E-state index in [0.29, 0.717) is 0 Å². The fraction of sp³-hybridized carbons (Fsp3) is 0.480. The summed E-state index contributed by atoms with van der Waals surface area (Å²) in [6.07, 6.45) is 0. The van der Waals surface area contributed by atoms with Crippen LogP contribution in [-0.2, 0) is 16.1 Å². The Morgan fingerprint density at radius 3 is 2.41 bits per heavy atom. The quantitative estimate of drug-likeness (QED) is 0.748. The molecular formula is C25H33FN4O2. The van der Waals surface area contributed by atoms with Gasteiger partial charge in [-0.1, -0.05) is 12.1 Å². The first-order valence-electron chi connectivity index (χ1n) is 11.5. The molecule has 2 fully saturated rings. The molecule has 1 N–H and O–H groups in total. The Hall–Kier alpha value is -2.48. The van der Waals surface area contributed by atoms with Gasteiger partial charge in [-0.2, -0.15) is 0 Å². The van der Waals surface area contributed by atoms with Crippen molar-refractivity contribution >= 4 is 17.3 Å². The summed E-state index contributed by atoms with van der Waals surface area (Å²) in [5.74, 6) is -0.189. The zero-order chi connectivity index (χ0) is 22.5. The number of ether oxygens (including phenoxy) is 1. The molecule has 2 saturated heterocycles. The minimum Gasteiger partial charge on any atom is -0.378 e. The number of rotatable bonds is 6. The van der Waals surface area contributed by atoms with Crippen LogP contribution in [0.25, 0.3) is 0 Å². The third-order valence-electron chi connectivity index (χ3n) is 6.47. The monoisotopic (exact) mass is 440 g/mol. The van der Waals surface area contributed by atoms with Crippen molar-refractivity contribution < 1.29 is 13.9 Å². The Labute approximate surface area is 189 Å². The second-order valence-electron chi connectivity index (χ2n) is 8.76. The van der Waals surface area contributed by atoms with Gasteiger partial charge in [0.05, 0.1) is 19.3 Å². The standard InChI is InChI=1S/C25H33FN4O2/c1-19-17-28(18-21-3-5-22(26)6-4-21)11-12-30(19)20(2)25(31)27-23-7-9-24(10-8-23)29-13-15-32-16-14-29/h3-10,19-20H,11-18H2,1-2H3,(H,27,31)/t19-,20-/m1/s1. The third kappa shape index (κ3) is 5.65. The molecule has 2 aliphatic heterocycles. The second kappa shape index (κ2) is 10.4. The molecule has 0 bridgehead atoms. The molecule has 172 valence electrons. The van der Waals surface area contributed by atoms with E-state index in [2.05, 4.69) is 39.1 Å². The number of hydrogen-bond acceptors (Lipinski definition) is 5. The van der Waals surface area contributed by atoms with Crippen LogP contribution in [0.5, 0.6) is 0 Å². The first kappa shape index (κ1) is 22.7. The van der Waals surface area contributed by atoms with Crippen LogP contribution >= 0.6 is 0 Å². The molecule has 0 radical (unpaired) electrons. The topological polar surface area (TPSA) is 48.0 Å². The first-order valence-corrected chi connectivity index (χ1v) is 11.5. The van der Waals surface area contributed by atoms with E-state index >= 15 is 0 Å². The molecule has 0 aromatic heterocycles. The molecule has 0 spiro atoms. The highest BCUT2D eigenvalue weighted by molar-refractivity contribution is 5.94. The summed E-state index contributed by atoms with van der Waals surface area (Å²) < 4.78 is 18.6. The highest BCUT2D eigenvalue weighted by Crippen LogP contribution is 2.21. The molecule has 2 aliphatic rings. The van der Waals surface area contributed by atoms with Crippen LogP contribution in [0.1, 0.15) is 19.4 Å². The number of piperazine rings is 1. The number of amides is 1. The van der Waals surface area contributed by atoms with Gasteiger partial charge in [0.1, 0.15) is 5.82 Å². The zero-order valence-corrected chi connectivity index (χ0v) is 19.0. The predicted octanol–water partition coefficient (Wildman–Crippen LogP) is 3.20. The van der Waals surface area contributed by atoms with Crippen molar-refractivity contribution in [1.29, 1.82) is 0 Å². The fourth-order valence-electron chi connectivity index (χ4n) is 4.59. The van der Waals surface area contributed by atoms with E-state index < -0.39 is 0 Å². The van der Waals surface area contributed by atoms with Crippen molar-refractivity contribution in [2.24, 2.45) is 0 Å². The van der Waals surface area contributed by atoms with E-state index in [1.54, 1.807) is 0 Å². The number of carbonyl (C=O) groups excluding carboxylic acids is 1. The van der Waals surface area contributed by atoms with Gasteiger partial charge in [-0.05, 0) is 55.8 Å². The average molecular weight is 441 g/mol. The normalized spacial score (nSPS) is 21.3. The first-order chi connectivity index (χ1) is 15.5. The maximum Gasteiger partial charge on any atom is 0.241 e. The fourth-order valence-corrected chi connectivity index (χ4v) is 4.59. The van der Waals surface area contributed by atoms with E-state index in [1.165, 1.54) is 12.1 Å². The van der Waals surface area contributed by atoms with Gasteiger partial charge in [0, 0.05) is 56.7 Å². The van der Waals surface area contributed by atoms with Crippen LogP contribution in [0.2, 0.25) is 0 Å². The van der Waals surface area contributed by atoms with E-state index in [-0.39, 0.29) is 23.8 Å². The molecule has 0 unspecified atom stereocenters. The molecule has 2 atom stereocenters. The summed E-state index contributed by atoms with van der Waals surface area (Å²) >= 11 is 0. The van der Waals surface area contributed by atoms with Crippen LogP contribution in [0.15, 0.2) is 48.5 Å². The Kier molecular flexibility index (Phi) is 7.40. The number of benzene rings is 2. The molecule has 0 saturated carbocycles. The van der Waals surface area contributed by atoms with E-state index in [0.717, 1.165) is 69.4 Å².